The summed E-state index contributed by atoms with van der Waals surface area (Å²) in [6.07, 6.45) is 2.67. The van der Waals surface area contributed by atoms with Crippen LogP contribution < -0.4 is 11.1 Å². The molecular weight excluding hydrogens is 200 g/mol. The van der Waals surface area contributed by atoms with Gasteiger partial charge in [-0.1, -0.05) is 24.3 Å². The average Bonchev–Trinajstić information content (AvgIpc) is 3.15. The van der Waals surface area contributed by atoms with E-state index in [0.29, 0.717) is 13.1 Å². The van der Waals surface area contributed by atoms with Gasteiger partial charge < -0.3 is 16.2 Å². The molecule has 0 aromatic heterocycles. The molecule has 0 heterocycles. The van der Waals surface area contributed by atoms with Gasteiger partial charge in [0.15, 0.2) is 0 Å². The minimum absolute atomic E-state index is 0.149. The Morgan fingerprint density at radius 2 is 2.00 bits per heavy atom. The number of hydrogen-bond donors (Lipinski definition) is 3. The molecule has 1 aliphatic rings. The molecular formula is C13H20N2O. The predicted molar refractivity (Wildman–Crippen MR) is 65.3 cm³/mol. The normalized spacial score (nSPS) is 17.4. The van der Waals surface area contributed by atoms with Gasteiger partial charge in [-0.3, -0.25) is 0 Å². The Morgan fingerprint density at radius 1 is 1.31 bits per heavy atom. The van der Waals surface area contributed by atoms with Crippen LogP contribution in [0, 0.1) is 0 Å². The van der Waals surface area contributed by atoms with E-state index in [4.69, 9.17) is 10.8 Å². The van der Waals surface area contributed by atoms with Gasteiger partial charge in [0.1, 0.15) is 0 Å². The van der Waals surface area contributed by atoms with Gasteiger partial charge in [0.2, 0.25) is 0 Å². The van der Waals surface area contributed by atoms with Crippen LogP contribution in [0.25, 0.3) is 0 Å². The Kier molecular flexibility index (Phi) is 3.93. The highest BCUT2D eigenvalue weighted by Gasteiger charge is 2.23. The first-order chi connectivity index (χ1) is 7.85. The zero-order chi connectivity index (χ0) is 11.4. The number of hydrogen-bond acceptors (Lipinski definition) is 3. The van der Waals surface area contributed by atoms with Gasteiger partial charge in [-0.2, -0.15) is 0 Å². The maximum absolute atomic E-state index is 8.78. The maximum atomic E-state index is 8.78. The van der Waals surface area contributed by atoms with Crippen molar-refractivity contribution in [3.05, 3.63) is 35.4 Å². The van der Waals surface area contributed by atoms with Crippen LogP contribution in [0.2, 0.25) is 0 Å². The second-order valence-electron chi connectivity index (χ2n) is 4.41. The standard InChI is InChI=1S/C13H20N2O/c14-9-13(15-7-8-16)12-5-3-11(4-6-12)10-1-2-10/h3-6,10,13,15-16H,1-2,7-9,14H2. The van der Waals surface area contributed by atoms with E-state index in [1.807, 2.05) is 0 Å². The quantitative estimate of drug-likeness (QED) is 0.674. The minimum atomic E-state index is 0.149. The van der Waals surface area contributed by atoms with Crippen LogP contribution in [0.15, 0.2) is 24.3 Å². The number of nitrogens with one attached hydrogen (secondary N) is 1. The molecule has 1 fully saturated rings. The molecule has 1 saturated carbocycles. The molecule has 0 aliphatic heterocycles. The van der Waals surface area contributed by atoms with Crippen molar-refractivity contribution in [1.29, 1.82) is 0 Å². The van der Waals surface area contributed by atoms with E-state index in [2.05, 4.69) is 29.6 Å². The summed E-state index contributed by atoms with van der Waals surface area (Å²) in [5.74, 6) is 0.802. The molecule has 1 aromatic rings. The molecule has 1 atom stereocenters. The average molecular weight is 220 g/mol. The Morgan fingerprint density at radius 3 is 2.50 bits per heavy atom. The lowest BCUT2D eigenvalue weighted by Gasteiger charge is -2.16. The summed E-state index contributed by atoms with van der Waals surface area (Å²) >= 11 is 0. The molecule has 0 radical (unpaired) electrons. The first kappa shape index (κ1) is 11.6. The second-order valence-corrected chi connectivity index (χ2v) is 4.41. The highest BCUT2D eigenvalue weighted by Crippen LogP contribution is 2.40. The number of rotatable bonds is 6. The lowest BCUT2D eigenvalue weighted by molar-refractivity contribution is 0.285. The summed E-state index contributed by atoms with van der Waals surface area (Å²) in [6.45, 7) is 1.30. The maximum Gasteiger partial charge on any atom is 0.0556 e. The number of nitrogens with two attached hydrogens (primary N) is 1. The molecule has 2 rings (SSSR count). The molecule has 16 heavy (non-hydrogen) atoms. The van der Waals surface area contributed by atoms with E-state index < -0.39 is 0 Å². The van der Waals surface area contributed by atoms with Crippen molar-refractivity contribution in [2.75, 3.05) is 19.7 Å². The van der Waals surface area contributed by atoms with Crippen molar-refractivity contribution < 1.29 is 5.11 Å². The number of aliphatic hydroxyl groups excluding tert-OH is 1. The molecule has 0 bridgehead atoms. The third kappa shape index (κ3) is 2.82. The lowest BCUT2D eigenvalue weighted by Crippen LogP contribution is -2.30. The van der Waals surface area contributed by atoms with Gasteiger partial charge in [0.25, 0.3) is 0 Å². The second kappa shape index (κ2) is 5.43. The minimum Gasteiger partial charge on any atom is -0.395 e. The van der Waals surface area contributed by atoms with Crippen LogP contribution in [-0.4, -0.2) is 24.8 Å². The fourth-order valence-corrected chi connectivity index (χ4v) is 1.99. The van der Waals surface area contributed by atoms with Crippen LogP contribution in [-0.2, 0) is 0 Å². The molecule has 0 spiro atoms. The molecule has 3 heteroatoms. The topological polar surface area (TPSA) is 58.3 Å². The molecule has 88 valence electrons. The smallest absolute Gasteiger partial charge is 0.0556 e. The Balaban J connectivity index is 2.00. The number of benzene rings is 1. The van der Waals surface area contributed by atoms with E-state index in [-0.39, 0.29) is 12.6 Å². The largest absolute Gasteiger partial charge is 0.395 e. The monoisotopic (exact) mass is 220 g/mol. The molecule has 1 unspecified atom stereocenters. The lowest BCUT2D eigenvalue weighted by atomic mass is 10.0. The van der Waals surface area contributed by atoms with Gasteiger partial charge in [0.05, 0.1) is 6.61 Å². The Labute approximate surface area is 96.7 Å². The van der Waals surface area contributed by atoms with E-state index in [9.17, 15) is 0 Å². The first-order valence-electron chi connectivity index (χ1n) is 5.99. The summed E-state index contributed by atoms with van der Waals surface area (Å²) < 4.78 is 0. The van der Waals surface area contributed by atoms with Crippen LogP contribution in [0.3, 0.4) is 0 Å². The third-order valence-corrected chi connectivity index (χ3v) is 3.13. The highest BCUT2D eigenvalue weighted by molar-refractivity contribution is 5.29. The molecule has 3 nitrogen and oxygen atoms in total. The molecule has 0 saturated heterocycles. The molecule has 4 N–H and O–H groups in total. The van der Waals surface area contributed by atoms with Crippen LogP contribution in [0.4, 0.5) is 0 Å². The zero-order valence-corrected chi connectivity index (χ0v) is 9.52. The van der Waals surface area contributed by atoms with E-state index in [1.165, 1.54) is 24.0 Å². The summed E-state index contributed by atoms with van der Waals surface area (Å²) in [6, 6.07) is 8.86. The van der Waals surface area contributed by atoms with Crippen molar-refractivity contribution in [2.24, 2.45) is 5.73 Å². The van der Waals surface area contributed by atoms with Gasteiger partial charge in [-0.25, -0.2) is 0 Å². The van der Waals surface area contributed by atoms with Gasteiger partial charge in [0, 0.05) is 19.1 Å². The SMILES string of the molecule is NCC(NCCO)c1ccc(C2CC2)cc1. The Hall–Kier alpha value is -0.900. The molecule has 1 aromatic carbocycles. The van der Waals surface area contributed by atoms with E-state index >= 15 is 0 Å². The van der Waals surface area contributed by atoms with Crippen LogP contribution in [0.5, 0.6) is 0 Å². The van der Waals surface area contributed by atoms with Crippen molar-refractivity contribution in [1.82, 2.24) is 5.32 Å². The van der Waals surface area contributed by atoms with Crippen LogP contribution in [0.1, 0.15) is 35.9 Å². The van der Waals surface area contributed by atoms with Gasteiger partial charge in [-0.15, -0.1) is 0 Å². The molecule has 1 aliphatic carbocycles. The summed E-state index contributed by atoms with van der Waals surface area (Å²) in [5.41, 5.74) is 8.37. The number of aliphatic hydroxyl groups is 1. The van der Waals surface area contributed by atoms with Crippen LogP contribution >= 0.6 is 0 Å². The fraction of sp³-hybridized carbons (Fsp3) is 0.538. The predicted octanol–water partition coefficient (Wildman–Crippen LogP) is 1.15. The van der Waals surface area contributed by atoms with Crippen molar-refractivity contribution in [3.8, 4) is 0 Å². The Bertz CT molecular complexity index is 319. The first-order valence-corrected chi connectivity index (χ1v) is 5.99. The van der Waals surface area contributed by atoms with E-state index in [0.717, 1.165) is 5.92 Å². The highest BCUT2D eigenvalue weighted by atomic mass is 16.3. The van der Waals surface area contributed by atoms with Crippen molar-refractivity contribution >= 4 is 0 Å². The third-order valence-electron chi connectivity index (χ3n) is 3.13. The zero-order valence-electron chi connectivity index (χ0n) is 9.52. The van der Waals surface area contributed by atoms with Crippen molar-refractivity contribution in [2.45, 2.75) is 24.8 Å². The van der Waals surface area contributed by atoms with Crippen molar-refractivity contribution in [3.63, 3.8) is 0 Å². The summed E-state index contributed by atoms with van der Waals surface area (Å²) in [7, 11) is 0. The van der Waals surface area contributed by atoms with Gasteiger partial charge >= 0.3 is 0 Å². The van der Waals surface area contributed by atoms with Gasteiger partial charge in [-0.05, 0) is 29.9 Å². The van der Waals surface area contributed by atoms with E-state index in [1.54, 1.807) is 0 Å². The summed E-state index contributed by atoms with van der Waals surface area (Å²) in [4.78, 5) is 0. The molecule has 0 amide bonds. The fourth-order valence-electron chi connectivity index (χ4n) is 1.99. The summed E-state index contributed by atoms with van der Waals surface area (Å²) in [5, 5.41) is 12.0.